The fourth-order valence-corrected chi connectivity index (χ4v) is 1.70. The van der Waals surface area contributed by atoms with Crippen LogP contribution >= 0.6 is 11.5 Å². The van der Waals surface area contributed by atoms with Gasteiger partial charge in [-0.05, 0) is 0 Å². The standard InChI is InChI=1S/C7H10N4O2S/c8-5-3-13-2-4(5)7(12)10-6-1-9-11-14-6/h1,4-5H,2-3,8H2,(H,10,12). The van der Waals surface area contributed by atoms with E-state index in [9.17, 15) is 4.79 Å². The van der Waals surface area contributed by atoms with E-state index in [0.717, 1.165) is 11.5 Å². The minimum atomic E-state index is -0.267. The van der Waals surface area contributed by atoms with E-state index in [1.54, 1.807) is 0 Å². The number of rotatable bonds is 2. The maximum atomic E-state index is 11.6. The van der Waals surface area contributed by atoms with Crippen LogP contribution in [0, 0.1) is 5.92 Å². The molecule has 0 spiro atoms. The van der Waals surface area contributed by atoms with Gasteiger partial charge in [0, 0.05) is 17.6 Å². The Labute approximate surface area is 84.6 Å². The lowest BCUT2D eigenvalue weighted by atomic mass is 10.0. The van der Waals surface area contributed by atoms with Gasteiger partial charge in [0.1, 0.15) is 5.00 Å². The van der Waals surface area contributed by atoms with E-state index in [2.05, 4.69) is 14.9 Å². The fraction of sp³-hybridized carbons (Fsp3) is 0.571. The smallest absolute Gasteiger partial charge is 0.232 e. The van der Waals surface area contributed by atoms with Gasteiger partial charge in [-0.2, -0.15) is 0 Å². The second-order valence-electron chi connectivity index (χ2n) is 3.08. The van der Waals surface area contributed by atoms with E-state index >= 15 is 0 Å². The lowest BCUT2D eigenvalue weighted by Gasteiger charge is -2.11. The molecule has 1 fully saturated rings. The zero-order valence-electron chi connectivity index (χ0n) is 7.34. The summed E-state index contributed by atoms with van der Waals surface area (Å²) in [5.41, 5.74) is 5.70. The third-order valence-corrected chi connectivity index (χ3v) is 2.65. The van der Waals surface area contributed by atoms with Crippen molar-refractivity contribution in [2.45, 2.75) is 6.04 Å². The van der Waals surface area contributed by atoms with Crippen molar-refractivity contribution < 1.29 is 9.53 Å². The molecule has 1 amide bonds. The Morgan fingerprint density at radius 2 is 2.57 bits per heavy atom. The summed E-state index contributed by atoms with van der Waals surface area (Å²) in [5.74, 6) is -0.391. The molecular weight excluding hydrogens is 204 g/mol. The van der Waals surface area contributed by atoms with Crippen LogP contribution in [0.15, 0.2) is 6.20 Å². The van der Waals surface area contributed by atoms with Gasteiger partial charge in [0.05, 0.1) is 25.3 Å². The van der Waals surface area contributed by atoms with Gasteiger partial charge in [0.25, 0.3) is 0 Å². The summed E-state index contributed by atoms with van der Waals surface area (Å²) in [6, 6.07) is -0.212. The Morgan fingerprint density at radius 3 is 3.14 bits per heavy atom. The van der Waals surface area contributed by atoms with Gasteiger partial charge in [0.2, 0.25) is 5.91 Å². The summed E-state index contributed by atoms with van der Waals surface area (Å²) in [6.45, 7) is 0.832. The number of nitrogens with zero attached hydrogens (tertiary/aromatic N) is 2. The lowest BCUT2D eigenvalue weighted by Crippen LogP contribution is -2.37. The number of nitrogens with two attached hydrogens (primary N) is 1. The highest BCUT2D eigenvalue weighted by Gasteiger charge is 2.31. The molecule has 3 N–H and O–H groups in total. The first kappa shape index (κ1) is 9.50. The van der Waals surface area contributed by atoms with Crippen molar-refractivity contribution in [2.24, 2.45) is 11.7 Å². The molecular formula is C7H10N4O2S. The quantitative estimate of drug-likeness (QED) is 0.689. The van der Waals surface area contributed by atoms with Crippen molar-refractivity contribution in [3.05, 3.63) is 6.20 Å². The SMILES string of the molecule is NC1COCC1C(=O)Nc1cnns1. The number of carbonyl (C=O) groups excluding carboxylic acids is 1. The Hall–Kier alpha value is -1.05. The molecule has 1 aromatic heterocycles. The number of anilines is 1. The fourth-order valence-electron chi connectivity index (χ4n) is 1.28. The number of nitrogens with one attached hydrogen (secondary N) is 1. The van der Waals surface area contributed by atoms with Crippen LogP contribution in [0.3, 0.4) is 0 Å². The van der Waals surface area contributed by atoms with E-state index in [1.807, 2.05) is 0 Å². The van der Waals surface area contributed by atoms with Crippen LogP contribution in [0.2, 0.25) is 0 Å². The number of ether oxygens (including phenoxy) is 1. The third kappa shape index (κ3) is 1.89. The predicted molar refractivity (Wildman–Crippen MR) is 50.8 cm³/mol. The molecule has 76 valence electrons. The average Bonchev–Trinajstić information content (AvgIpc) is 2.75. The van der Waals surface area contributed by atoms with Gasteiger partial charge in [-0.3, -0.25) is 4.79 Å². The van der Waals surface area contributed by atoms with Crippen LogP contribution in [0.4, 0.5) is 5.00 Å². The highest BCUT2D eigenvalue weighted by atomic mass is 32.1. The van der Waals surface area contributed by atoms with Crippen molar-refractivity contribution in [3.8, 4) is 0 Å². The normalized spacial score (nSPS) is 26.4. The molecule has 0 radical (unpaired) electrons. The molecule has 14 heavy (non-hydrogen) atoms. The predicted octanol–water partition coefficient (Wildman–Crippen LogP) is -0.550. The molecule has 0 aliphatic carbocycles. The summed E-state index contributed by atoms with van der Waals surface area (Å²) in [5, 5.41) is 6.93. The zero-order valence-corrected chi connectivity index (χ0v) is 8.16. The summed E-state index contributed by atoms with van der Waals surface area (Å²) >= 11 is 1.14. The first-order valence-electron chi connectivity index (χ1n) is 4.19. The van der Waals surface area contributed by atoms with Crippen molar-refractivity contribution in [2.75, 3.05) is 18.5 Å². The largest absolute Gasteiger partial charge is 0.379 e. The summed E-state index contributed by atoms with van der Waals surface area (Å²) < 4.78 is 8.73. The Morgan fingerprint density at radius 1 is 1.71 bits per heavy atom. The first-order valence-corrected chi connectivity index (χ1v) is 4.96. The Balaban J connectivity index is 1.95. The Kier molecular flexibility index (Phi) is 2.71. The van der Waals surface area contributed by atoms with Gasteiger partial charge in [-0.25, -0.2) is 0 Å². The lowest BCUT2D eigenvalue weighted by molar-refractivity contribution is -0.120. The van der Waals surface area contributed by atoms with Gasteiger partial charge in [-0.15, -0.1) is 5.10 Å². The number of amides is 1. The first-order chi connectivity index (χ1) is 6.77. The van der Waals surface area contributed by atoms with Gasteiger partial charge < -0.3 is 15.8 Å². The molecule has 2 heterocycles. The van der Waals surface area contributed by atoms with Crippen LogP contribution in [0.1, 0.15) is 0 Å². The zero-order chi connectivity index (χ0) is 9.97. The summed E-state index contributed by atoms with van der Waals surface area (Å²) in [6.07, 6.45) is 1.50. The number of hydrogen-bond acceptors (Lipinski definition) is 6. The van der Waals surface area contributed by atoms with E-state index in [1.165, 1.54) is 6.20 Å². The molecule has 1 saturated heterocycles. The monoisotopic (exact) mass is 214 g/mol. The average molecular weight is 214 g/mol. The summed E-state index contributed by atoms with van der Waals surface area (Å²) in [4.78, 5) is 11.6. The molecule has 1 aliphatic rings. The van der Waals surface area contributed by atoms with E-state index in [4.69, 9.17) is 10.5 Å². The van der Waals surface area contributed by atoms with Gasteiger partial charge >= 0.3 is 0 Å². The number of carbonyl (C=O) groups is 1. The second-order valence-corrected chi connectivity index (χ2v) is 3.86. The molecule has 2 rings (SSSR count). The maximum Gasteiger partial charge on any atom is 0.232 e. The minimum Gasteiger partial charge on any atom is -0.379 e. The van der Waals surface area contributed by atoms with Crippen LogP contribution in [-0.2, 0) is 9.53 Å². The van der Waals surface area contributed by atoms with E-state index in [-0.39, 0.29) is 17.9 Å². The molecule has 6 nitrogen and oxygen atoms in total. The molecule has 1 aromatic rings. The third-order valence-electron chi connectivity index (χ3n) is 2.07. The second kappa shape index (κ2) is 3.99. The molecule has 2 unspecified atom stereocenters. The Bertz CT molecular complexity index is 315. The van der Waals surface area contributed by atoms with E-state index < -0.39 is 0 Å². The topological polar surface area (TPSA) is 90.1 Å². The van der Waals surface area contributed by atoms with Crippen LogP contribution in [0.25, 0.3) is 0 Å². The maximum absolute atomic E-state index is 11.6. The molecule has 1 aliphatic heterocycles. The molecule has 2 atom stereocenters. The number of hydrogen-bond donors (Lipinski definition) is 2. The van der Waals surface area contributed by atoms with Gasteiger partial charge in [0.15, 0.2) is 0 Å². The van der Waals surface area contributed by atoms with Crippen LogP contribution in [0.5, 0.6) is 0 Å². The highest BCUT2D eigenvalue weighted by Crippen LogP contribution is 2.16. The molecule has 7 heteroatoms. The minimum absolute atomic E-state index is 0.124. The number of aromatic nitrogens is 2. The van der Waals surface area contributed by atoms with Crippen molar-refractivity contribution in [1.82, 2.24) is 9.59 Å². The van der Waals surface area contributed by atoms with Crippen LogP contribution in [-0.4, -0.2) is 34.7 Å². The van der Waals surface area contributed by atoms with Crippen molar-refractivity contribution in [3.63, 3.8) is 0 Å². The van der Waals surface area contributed by atoms with Crippen LogP contribution < -0.4 is 11.1 Å². The van der Waals surface area contributed by atoms with E-state index in [0.29, 0.717) is 18.2 Å². The van der Waals surface area contributed by atoms with Crippen molar-refractivity contribution >= 4 is 22.4 Å². The van der Waals surface area contributed by atoms with Crippen molar-refractivity contribution in [1.29, 1.82) is 0 Å². The molecule has 0 bridgehead atoms. The highest BCUT2D eigenvalue weighted by molar-refractivity contribution is 7.10. The molecule has 0 saturated carbocycles. The van der Waals surface area contributed by atoms with Gasteiger partial charge in [-0.1, -0.05) is 4.49 Å². The summed E-state index contributed by atoms with van der Waals surface area (Å²) in [7, 11) is 0. The molecule has 0 aromatic carbocycles.